The third-order valence-corrected chi connectivity index (χ3v) is 3.18. The zero-order valence-electron chi connectivity index (χ0n) is 9.97. The molecule has 0 aromatic carbocycles. The summed E-state index contributed by atoms with van der Waals surface area (Å²) in [5.41, 5.74) is 1.17. The van der Waals surface area contributed by atoms with E-state index in [4.69, 9.17) is 4.74 Å². The Kier molecular flexibility index (Phi) is 3.61. The normalized spacial score (nSPS) is 27.2. The van der Waals surface area contributed by atoms with Crippen LogP contribution in [0.25, 0.3) is 0 Å². The van der Waals surface area contributed by atoms with Crippen LogP contribution in [-0.4, -0.2) is 33.2 Å². The van der Waals surface area contributed by atoms with Gasteiger partial charge >= 0.3 is 0 Å². The first-order chi connectivity index (χ1) is 7.65. The molecule has 90 valence electrons. The molecule has 3 atom stereocenters. The van der Waals surface area contributed by atoms with E-state index >= 15 is 0 Å². The summed E-state index contributed by atoms with van der Waals surface area (Å²) in [5, 5.41) is 14.1. The molecule has 0 radical (unpaired) electrons. The topological polar surface area (TPSA) is 47.3 Å². The second kappa shape index (κ2) is 4.97. The summed E-state index contributed by atoms with van der Waals surface area (Å²) < 4.78 is 7.43. The summed E-state index contributed by atoms with van der Waals surface area (Å²) in [5.74, 6) is 0. The van der Waals surface area contributed by atoms with Gasteiger partial charge in [0.15, 0.2) is 0 Å². The van der Waals surface area contributed by atoms with Gasteiger partial charge in [0.2, 0.25) is 0 Å². The maximum absolute atomic E-state index is 9.98. The quantitative estimate of drug-likeness (QED) is 0.838. The fraction of sp³-hybridized carbons (Fsp3) is 0.750. The Balaban J connectivity index is 1.77. The van der Waals surface area contributed by atoms with Crippen molar-refractivity contribution in [3.8, 4) is 0 Å². The second-order valence-corrected chi connectivity index (χ2v) is 4.69. The van der Waals surface area contributed by atoms with Crippen molar-refractivity contribution in [3.63, 3.8) is 0 Å². The van der Waals surface area contributed by atoms with Gasteiger partial charge in [-0.1, -0.05) is 0 Å². The van der Waals surface area contributed by atoms with Gasteiger partial charge in [-0.05, 0) is 38.2 Å². The number of aryl methyl sites for hydroxylation is 2. The molecule has 1 N–H and O–H groups in total. The lowest BCUT2D eigenvalue weighted by molar-refractivity contribution is -0.0312. The summed E-state index contributed by atoms with van der Waals surface area (Å²) in [6.45, 7) is 2.06. The molecule has 1 fully saturated rings. The molecule has 4 nitrogen and oxygen atoms in total. The Morgan fingerprint density at radius 3 is 3.00 bits per heavy atom. The van der Waals surface area contributed by atoms with E-state index in [9.17, 15) is 5.11 Å². The molecule has 0 aliphatic carbocycles. The molecular formula is C12H20N2O2. The zero-order chi connectivity index (χ0) is 11.5. The Bertz CT molecular complexity index is 338. The van der Waals surface area contributed by atoms with Gasteiger partial charge in [-0.25, -0.2) is 0 Å². The Morgan fingerprint density at radius 1 is 1.62 bits per heavy atom. The van der Waals surface area contributed by atoms with Crippen LogP contribution >= 0.6 is 0 Å². The van der Waals surface area contributed by atoms with Crippen molar-refractivity contribution in [1.82, 2.24) is 9.78 Å². The Hall–Kier alpha value is -0.870. The van der Waals surface area contributed by atoms with Gasteiger partial charge in [-0.15, -0.1) is 0 Å². The molecule has 2 heterocycles. The van der Waals surface area contributed by atoms with Crippen LogP contribution in [0.4, 0.5) is 0 Å². The molecule has 1 saturated heterocycles. The van der Waals surface area contributed by atoms with Crippen LogP contribution in [0.5, 0.6) is 0 Å². The van der Waals surface area contributed by atoms with Gasteiger partial charge in [0, 0.05) is 13.2 Å². The van der Waals surface area contributed by atoms with Crippen LogP contribution in [0.15, 0.2) is 12.4 Å². The highest BCUT2D eigenvalue weighted by Gasteiger charge is 2.27. The Morgan fingerprint density at radius 2 is 2.44 bits per heavy atom. The van der Waals surface area contributed by atoms with Crippen LogP contribution in [-0.2, 0) is 18.2 Å². The summed E-state index contributed by atoms with van der Waals surface area (Å²) in [4.78, 5) is 0. The first-order valence-electron chi connectivity index (χ1n) is 5.96. The maximum atomic E-state index is 9.98. The van der Waals surface area contributed by atoms with E-state index in [2.05, 4.69) is 12.0 Å². The van der Waals surface area contributed by atoms with E-state index < -0.39 is 0 Å². The zero-order valence-corrected chi connectivity index (χ0v) is 9.97. The van der Waals surface area contributed by atoms with Crippen molar-refractivity contribution in [2.24, 2.45) is 7.05 Å². The van der Waals surface area contributed by atoms with Crippen LogP contribution in [0.1, 0.15) is 31.7 Å². The van der Waals surface area contributed by atoms with Crippen LogP contribution in [0, 0.1) is 0 Å². The summed E-state index contributed by atoms with van der Waals surface area (Å²) in [6.07, 6.45) is 7.50. The minimum Gasteiger partial charge on any atom is -0.390 e. The van der Waals surface area contributed by atoms with Crippen LogP contribution < -0.4 is 0 Å². The SMILES string of the molecule is CC1CCC(C(O)CCc2cnn(C)c2)O1. The van der Waals surface area contributed by atoms with E-state index in [1.54, 1.807) is 4.68 Å². The standard InChI is InChI=1S/C12H20N2O2/c1-9-3-6-12(16-9)11(15)5-4-10-7-13-14(2)8-10/h7-9,11-12,15H,3-6H2,1-2H3. The molecule has 2 rings (SSSR count). The van der Waals surface area contributed by atoms with Gasteiger partial charge in [-0.2, -0.15) is 5.10 Å². The monoisotopic (exact) mass is 224 g/mol. The molecule has 1 aliphatic rings. The summed E-state index contributed by atoms with van der Waals surface area (Å²) in [7, 11) is 1.90. The highest BCUT2D eigenvalue weighted by atomic mass is 16.5. The lowest BCUT2D eigenvalue weighted by atomic mass is 10.0. The number of aromatic nitrogens is 2. The predicted octanol–water partition coefficient (Wildman–Crippen LogP) is 1.28. The number of hydrogen-bond donors (Lipinski definition) is 1. The highest BCUT2D eigenvalue weighted by Crippen LogP contribution is 2.23. The van der Waals surface area contributed by atoms with Crippen LogP contribution in [0.2, 0.25) is 0 Å². The second-order valence-electron chi connectivity index (χ2n) is 4.69. The smallest absolute Gasteiger partial charge is 0.0838 e. The first-order valence-corrected chi connectivity index (χ1v) is 5.96. The summed E-state index contributed by atoms with van der Waals surface area (Å²) >= 11 is 0. The number of rotatable bonds is 4. The Labute approximate surface area is 96.2 Å². The van der Waals surface area contributed by atoms with Crippen molar-refractivity contribution >= 4 is 0 Å². The molecule has 0 amide bonds. The number of aliphatic hydroxyl groups excluding tert-OH is 1. The van der Waals surface area contributed by atoms with Crippen molar-refractivity contribution in [2.45, 2.75) is 50.9 Å². The van der Waals surface area contributed by atoms with Gasteiger partial charge in [0.25, 0.3) is 0 Å². The van der Waals surface area contributed by atoms with Crippen molar-refractivity contribution in [3.05, 3.63) is 18.0 Å². The fourth-order valence-electron chi connectivity index (χ4n) is 2.22. The number of aliphatic hydroxyl groups is 1. The number of nitrogens with zero attached hydrogens (tertiary/aromatic N) is 2. The van der Waals surface area contributed by atoms with Gasteiger partial charge in [-0.3, -0.25) is 4.68 Å². The van der Waals surface area contributed by atoms with Crippen molar-refractivity contribution < 1.29 is 9.84 Å². The third kappa shape index (κ3) is 2.83. The van der Waals surface area contributed by atoms with Crippen molar-refractivity contribution in [1.29, 1.82) is 0 Å². The lowest BCUT2D eigenvalue weighted by Gasteiger charge is -2.17. The third-order valence-electron chi connectivity index (χ3n) is 3.18. The largest absolute Gasteiger partial charge is 0.390 e. The van der Waals surface area contributed by atoms with E-state index in [-0.39, 0.29) is 12.2 Å². The molecule has 0 spiro atoms. The summed E-state index contributed by atoms with van der Waals surface area (Å²) in [6, 6.07) is 0. The first kappa shape index (κ1) is 11.6. The molecule has 4 heteroatoms. The molecule has 1 aromatic heterocycles. The van der Waals surface area contributed by atoms with Crippen molar-refractivity contribution in [2.75, 3.05) is 0 Å². The highest BCUT2D eigenvalue weighted by molar-refractivity contribution is 5.04. The van der Waals surface area contributed by atoms with Gasteiger partial charge in [0.05, 0.1) is 24.5 Å². The average molecular weight is 224 g/mol. The minimum absolute atomic E-state index is 0.0340. The molecule has 1 aliphatic heterocycles. The molecule has 16 heavy (non-hydrogen) atoms. The fourth-order valence-corrected chi connectivity index (χ4v) is 2.22. The number of hydrogen-bond acceptors (Lipinski definition) is 3. The van der Waals surface area contributed by atoms with Gasteiger partial charge < -0.3 is 9.84 Å². The molecular weight excluding hydrogens is 204 g/mol. The molecule has 1 aromatic rings. The minimum atomic E-state index is -0.342. The van der Waals surface area contributed by atoms with E-state index in [1.807, 2.05) is 19.4 Å². The molecule has 0 saturated carbocycles. The molecule has 0 bridgehead atoms. The van der Waals surface area contributed by atoms with Gasteiger partial charge in [0.1, 0.15) is 0 Å². The van der Waals surface area contributed by atoms with E-state index in [1.165, 1.54) is 5.56 Å². The van der Waals surface area contributed by atoms with E-state index in [0.29, 0.717) is 6.10 Å². The van der Waals surface area contributed by atoms with Crippen LogP contribution in [0.3, 0.4) is 0 Å². The molecule has 3 unspecified atom stereocenters. The number of ether oxygens (including phenoxy) is 1. The van der Waals surface area contributed by atoms with E-state index in [0.717, 1.165) is 25.7 Å². The maximum Gasteiger partial charge on any atom is 0.0838 e. The lowest BCUT2D eigenvalue weighted by Crippen LogP contribution is -2.26. The predicted molar refractivity (Wildman–Crippen MR) is 61.1 cm³/mol. The average Bonchev–Trinajstić information content (AvgIpc) is 2.84.